The molecular weight excluding hydrogens is 420 g/mol. The maximum atomic E-state index is 12.9. The molecule has 0 saturated carbocycles. The minimum absolute atomic E-state index is 0.0627. The number of ether oxygens (including phenoxy) is 3. The van der Waals surface area contributed by atoms with Crippen LogP contribution in [0.4, 0.5) is 5.69 Å². The quantitative estimate of drug-likeness (QED) is 0.586. The lowest BCUT2D eigenvalue weighted by molar-refractivity contribution is -0.385. The van der Waals surface area contributed by atoms with E-state index in [2.05, 4.69) is 21.2 Å². The van der Waals surface area contributed by atoms with Crippen LogP contribution in [0.15, 0.2) is 34.8 Å². The maximum absolute atomic E-state index is 12.9. The fraction of sp³-hybridized carbons (Fsp3) is 0.278. The summed E-state index contributed by atoms with van der Waals surface area (Å²) in [7, 11) is 0. The molecule has 1 amide bonds. The Bertz CT molecular complexity index is 932. The molecule has 8 nitrogen and oxygen atoms in total. The van der Waals surface area contributed by atoms with E-state index in [0.717, 1.165) is 10.0 Å². The van der Waals surface area contributed by atoms with Crippen molar-refractivity contribution in [2.75, 3.05) is 19.8 Å². The van der Waals surface area contributed by atoms with Crippen molar-refractivity contribution < 1.29 is 23.9 Å². The molecule has 2 aromatic carbocycles. The van der Waals surface area contributed by atoms with E-state index in [4.69, 9.17) is 14.2 Å². The normalized spacial score (nSPS) is 17.4. The summed E-state index contributed by atoms with van der Waals surface area (Å²) >= 11 is 3.41. The molecular formula is C18H15BrN2O6. The second-order valence-corrected chi connectivity index (χ2v) is 7.03. The van der Waals surface area contributed by atoms with E-state index in [1.807, 2.05) is 18.2 Å². The lowest BCUT2D eigenvalue weighted by Crippen LogP contribution is -2.32. The van der Waals surface area contributed by atoms with E-state index in [9.17, 15) is 14.9 Å². The number of fused-ring (bicyclic) bond motifs is 2. The van der Waals surface area contributed by atoms with Crippen molar-refractivity contribution in [2.45, 2.75) is 12.5 Å². The summed E-state index contributed by atoms with van der Waals surface area (Å²) in [6.07, 6.45) is 0.563. The Morgan fingerprint density at radius 1 is 1.07 bits per heavy atom. The first-order valence-electron chi connectivity index (χ1n) is 8.34. The summed E-state index contributed by atoms with van der Waals surface area (Å²) < 4.78 is 17.3. The highest BCUT2D eigenvalue weighted by molar-refractivity contribution is 9.10. The topological polar surface area (TPSA) is 99.9 Å². The predicted octanol–water partition coefficient (Wildman–Crippen LogP) is 3.38. The average Bonchev–Trinajstić information content (AvgIpc) is 2.67. The molecule has 0 fully saturated rings. The van der Waals surface area contributed by atoms with Gasteiger partial charge in [-0.2, -0.15) is 0 Å². The van der Waals surface area contributed by atoms with Gasteiger partial charge in [-0.25, -0.2) is 0 Å². The van der Waals surface area contributed by atoms with Crippen LogP contribution in [-0.4, -0.2) is 30.7 Å². The number of halogens is 1. The van der Waals surface area contributed by atoms with Crippen molar-refractivity contribution in [3.8, 4) is 17.2 Å². The third-order valence-corrected chi connectivity index (χ3v) is 4.91. The Hall–Kier alpha value is -2.81. The number of amides is 1. The summed E-state index contributed by atoms with van der Waals surface area (Å²) in [5.74, 6) is 0.736. The molecule has 27 heavy (non-hydrogen) atoms. The molecule has 0 saturated heterocycles. The minimum Gasteiger partial charge on any atom is -0.493 e. The van der Waals surface area contributed by atoms with Crippen LogP contribution in [0, 0.1) is 10.1 Å². The molecule has 9 heteroatoms. The third-order valence-electron chi connectivity index (χ3n) is 4.42. The Labute approximate surface area is 162 Å². The lowest BCUT2D eigenvalue weighted by atomic mass is 10.00. The number of hydrogen-bond acceptors (Lipinski definition) is 6. The molecule has 1 unspecified atom stereocenters. The second kappa shape index (κ2) is 7.07. The van der Waals surface area contributed by atoms with E-state index in [0.29, 0.717) is 37.7 Å². The van der Waals surface area contributed by atoms with Crippen molar-refractivity contribution in [2.24, 2.45) is 0 Å². The van der Waals surface area contributed by atoms with E-state index in [1.54, 1.807) is 0 Å². The number of nitrogens with one attached hydrogen (secondary N) is 1. The van der Waals surface area contributed by atoms with Crippen molar-refractivity contribution in [1.29, 1.82) is 0 Å². The molecule has 2 aliphatic rings. The van der Waals surface area contributed by atoms with Crippen LogP contribution in [0.5, 0.6) is 17.2 Å². The van der Waals surface area contributed by atoms with Crippen LogP contribution in [0.2, 0.25) is 0 Å². The van der Waals surface area contributed by atoms with Crippen LogP contribution in [-0.2, 0) is 0 Å². The number of hydrogen-bond donors (Lipinski definition) is 1. The summed E-state index contributed by atoms with van der Waals surface area (Å²) in [5.41, 5.74) is 0.440. The molecule has 0 radical (unpaired) electrons. The van der Waals surface area contributed by atoms with E-state index in [1.165, 1.54) is 12.1 Å². The Kier molecular flexibility index (Phi) is 4.61. The maximum Gasteiger partial charge on any atom is 0.286 e. The Balaban J connectivity index is 1.66. The van der Waals surface area contributed by atoms with Gasteiger partial charge < -0.3 is 19.5 Å². The summed E-state index contributed by atoms with van der Waals surface area (Å²) in [5, 5.41) is 14.3. The molecule has 1 atom stereocenters. The number of carbonyl (C=O) groups is 1. The van der Waals surface area contributed by atoms with Gasteiger partial charge in [0, 0.05) is 22.5 Å². The van der Waals surface area contributed by atoms with E-state index >= 15 is 0 Å². The van der Waals surface area contributed by atoms with Crippen LogP contribution < -0.4 is 19.5 Å². The zero-order valence-corrected chi connectivity index (χ0v) is 15.7. The molecule has 4 rings (SSSR count). The second-order valence-electron chi connectivity index (χ2n) is 6.12. The first-order chi connectivity index (χ1) is 13.0. The van der Waals surface area contributed by atoms with Crippen LogP contribution in [0.25, 0.3) is 0 Å². The van der Waals surface area contributed by atoms with Crippen LogP contribution in [0.1, 0.15) is 28.4 Å². The minimum atomic E-state index is -0.596. The number of nitro groups is 1. The summed E-state index contributed by atoms with van der Waals surface area (Å²) in [6, 6.07) is 7.84. The molecule has 0 aromatic heterocycles. The number of nitro benzene ring substituents is 1. The smallest absolute Gasteiger partial charge is 0.286 e. The van der Waals surface area contributed by atoms with Crippen LogP contribution >= 0.6 is 15.9 Å². The molecule has 2 aliphatic heterocycles. The van der Waals surface area contributed by atoms with Gasteiger partial charge in [0.25, 0.3) is 11.6 Å². The summed E-state index contributed by atoms with van der Waals surface area (Å²) in [4.78, 5) is 23.7. The van der Waals surface area contributed by atoms with Crippen molar-refractivity contribution in [3.05, 3.63) is 56.0 Å². The van der Waals surface area contributed by atoms with Crippen LogP contribution in [0.3, 0.4) is 0 Å². The van der Waals surface area contributed by atoms with Gasteiger partial charge in [0.05, 0.1) is 23.6 Å². The van der Waals surface area contributed by atoms with Gasteiger partial charge in [-0.15, -0.1) is 0 Å². The first kappa shape index (κ1) is 17.6. The highest BCUT2D eigenvalue weighted by Crippen LogP contribution is 2.38. The molecule has 0 bridgehead atoms. The lowest BCUT2D eigenvalue weighted by Gasteiger charge is -2.27. The zero-order chi connectivity index (χ0) is 19.0. The van der Waals surface area contributed by atoms with Gasteiger partial charge in [-0.1, -0.05) is 15.9 Å². The molecule has 1 N–H and O–H groups in total. The monoisotopic (exact) mass is 434 g/mol. The average molecular weight is 435 g/mol. The first-order valence-corrected chi connectivity index (χ1v) is 9.13. The number of nitrogens with zero attached hydrogens (tertiary/aromatic N) is 1. The number of rotatable bonds is 3. The molecule has 140 valence electrons. The van der Waals surface area contributed by atoms with Gasteiger partial charge in [-0.05, 0) is 18.2 Å². The summed E-state index contributed by atoms with van der Waals surface area (Å²) in [6.45, 7) is 1.08. The van der Waals surface area contributed by atoms with E-state index in [-0.39, 0.29) is 23.0 Å². The SMILES string of the molecule is O=C(NC1CCOc2ccc(Br)cc21)c1cc2c(cc1[N+](=O)[O-])OCCO2. The largest absolute Gasteiger partial charge is 0.493 e. The molecule has 0 spiro atoms. The van der Waals surface area contributed by atoms with E-state index < -0.39 is 10.8 Å². The fourth-order valence-corrected chi connectivity index (χ4v) is 3.54. The Morgan fingerprint density at radius 2 is 1.78 bits per heavy atom. The zero-order valence-electron chi connectivity index (χ0n) is 14.1. The van der Waals surface area contributed by atoms with Gasteiger partial charge in [0.2, 0.25) is 0 Å². The number of benzene rings is 2. The van der Waals surface area contributed by atoms with Gasteiger partial charge >= 0.3 is 0 Å². The molecule has 0 aliphatic carbocycles. The van der Waals surface area contributed by atoms with Crippen molar-refractivity contribution >= 4 is 27.5 Å². The van der Waals surface area contributed by atoms with Crippen molar-refractivity contribution in [1.82, 2.24) is 5.32 Å². The molecule has 2 heterocycles. The van der Waals surface area contributed by atoms with Crippen molar-refractivity contribution in [3.63, 3.8) is 0 Å². The fourth-order valence-electron chi connectivity index (χ4n) is 3.16. The third kappa shape index (κ3) is 3.42. The number of carbonyl (C=O) groups excluding carboxylic acids is 1. The van der Waals surface area contributed by atoms with Gasteiger partial charge in [0.15, 0.2) is 11.5 Å². The van der Waals surface area contributed by atoms with Gasteiger partial charge in [-0.3, -0.25) is 14.9 Å². The highest BCUT2D eigenvalue weighted by atomic mass is 79.9. The predicted molar refractivity (Wildman–Crippen MR) is 98.5 cm³/mol. The Morgan fingerprint density at radius 3 is 2.52 bits per heavy atom. The molecule has 2 aromatic rings. The standard InChI is InChI=1S/C18H15BrN2O6/c19-10-1-2-15-11(7-10)13(3-4-25-15)20-18(22)12-8-16-17(27-6-5-26-16)9-14(12)21(23)24/h1-2,7-9,13H,3-6H2,(H,20,22). The van der Waals surface area contributed by atoms with Gasteiger partial charge in [0.1, 0.15) is 24.5 Å². The highest BCUT2D eigenvalue weighted by Gasteiger charge is 2.29.